The first-order chi connectivity index (χ1) is 15.9. The van der Waals surface area contributed by atoms with Crippen LogP contribution < -0.4 is 19.8 Å². The summed E-state index contributed by atoms with van der Waals surface area (Å²) >= 11 is 0. The standard InChI is InChI=1S/C26H22N2O5/c1-14-5-7-18-17(11-14)24(29)22-23(16-6-8-19(31-3)20(13-16)32-4)28(26(30)25(22)33-18)21-12-15(2)9-10-27-21/h5-13,23H,1-4H3/t23-/m0/s1. The van der Waals surface area contributed by atoms with Gasteiger partial charge in [0.2, 0.25) is 5.76 Å². The van der Waals surface area contributed by atoms with Crippen LogP contribution in [-0.2, 0) is 0 Å². The monoisotopic (exact) mass is 442 g/mol. The van der Waals surface area contributed by atoms with Crippen molar-refractivity contribution in [1.29, 1.82) is 0 Å². The molecule has 7 nitrogen and oxygen atoms in total. The average Bonchev–Trinajstić information content (AvgIpc) is 3.11. The van der Waals surface area contributed by atoms with Gasteiger partial charge in [0.15, 0.2) is 16.9 Å². The summed E-state index contributed by atoms with van der Waals surface area (Å²) in [7, 11) is 3.10. The minimum Gasteiger partial charge on any atom is -0.493 e. The molecule has 33 heavy (non-hydrogen) atoms. The molecule has 1 aliphatic rings. The first-order valence-electron chi connectivity index (χ1n) is 10.5. The second-order valence-corrected chi connectivity index (χ2v) is 8.06. The minimum absolute atomic E-state index is 0.0273. The van der Waals surface area contributed by atoms with Crippen LogP contribution in [0.15, 0.2) is 63.9 Å². The summed E-state index contributed by atoms with van der Waals surface area (Å²) in [5, 5.41) is 0.436. The van der Waals surface area contributed by atoms with Gasteiger partial charge in [-0.25, -0.2) is 4.98 Å². The van der Waals surface area contributed by atoms with Crippen LogP contribution in [0.25, 0.3) is 11.0 Å². The number of anilines is 1. The van der Waals surface area contributed by atoms with Crippen LogP contribution in [0.3, 0.4) is 0 Å². The molecular weight excluding hydrogens is 420 g/mol. The van der Waals surface area contributed by atoms with Gasteiger partial charge in [0, 0.05) is 6.20 Å². The Bertz CT molecular complexity index is 1470. The molecular formula is C26H22N2O5. The van der Waals surface area contributed by atoms with E-state index in [1.165, 1.54) is 4.90 Å². The van der Waals surface area contributed by atoms with E-state index in [1.54, 1.807) is 44.7 Å². The van der Waals surface area contributed by atoms with Crippen molar-refractivity contribution in [3.63, 3.8) is 0 Å². The molecule has 166 valence electrons. The van der Waals surface area contributed by atoms with Crippen LogP contribution in [0, 0.1) is 13.8 Å². The van der Waals surface area contributed by atoms with Crippen molar-refractivity contribution in [2.24, 2.45) is 0 Å². The highest BCUT2D eigenvalue weighted by Gasteiger charge is 2.44. The van der Waals surface area contributed by atoms with E-state index in [2.05, 4.69) is 4.98 Å². The molecule has 0 radical (unpaired) electrons. The summed E-state index contributed by atoms with van der Waals surface area (Å²) in [5.74, 6) is 1.09. The molecule has 1 aliphatic heterocycles. The van der Waals surface area contributed by atoms with Gasteiger partial charge < -0.3 is 13.9 Å². The number of amides is 1. The Morgan fingerprint density at radius 3 is 2.39 bits per heavy atom. The zero-order valence-electron chi connectivity index (χ0n) is 18.7. The van der Waals surface area contributed by atoms with Gasteiger partial charge in [-0.2, -0.15) is 0 Å². The number of hydrogen-bond acceptors (Lipinski definition) is 6. The summed E-state index contributed by atoms with van der Waals surface area (Å²) in [6, 6.07) is 13.6. The van der Waals surface area contributed by atoms with Gasteiger partial charge in [0.05, 0.1) is 31.2 Å². The average molecular weight is 442 g/mol. The minimum atomic E-state index is -0.734. The number of methoxy groups -OCH3 is 2. The number of fused-ring (bicyclic) bond motifs is 2. The first-order valence-corrected chi connectivity index (χ1v) is 10.5. The Morgan fingerprint density at radius 1 is 0.909 bits per heavy atom. The van der Waals surface area contributed by atoms with Crippen molar-refractivity contribution in [3.8, 4) is 11.5 Å². The van der Waals surface area contributed by atoms with Crippen molar-refractivity contribution < 1.29 is 18.7 Å². The Labute approximate surface area is 190 Å². The van der Waals surface area contributed by atoms with Crippen molar-refractivity contribution in [2.75, 3.05) is 19.1 Å². The third-order valence-corrected chi connectivity index (χ3v) is 5.90. The van der Waals surface area contributed by atoms with E-state index in [-0.39, 0.29) is 16.8 Å². The number of carbonyl (C=O) groups is 1. The van der Waals surface area contributed by atoms with Gasteiger partial charge in [0.25, 0.3) is 5.91 Å². The zero-order valence-corrected chi connectivity index (χ0v) is 18.7. The van der Waals surface area contributed by atoms with Gasteiger partial charge in [-0.3, -0.25) is 14.5 Å². The van der Waals surface area contributed by atoms with Crippen LogP contribution in [0.4, 0.5) is 5.82 Å². The second kappa shape index (κ2) is 7.78. The Balaban J connectivity index is 1.82. The van der Waals surface area contributed by atoms with E-state index in [9.17, 15) is 9.59 Å². The van der Waals surface area contributed by atoms with E-state index in [4.69, 9.17) is 13.9 Å². The van der Waals surface area contributed by atoms with Crippen molar-refractivity contribution in [3.05, 3.63) is 93.0 Å². The lowest BCUT2D eigenvalue weighted by molar-refractivity contribution is 0.0970. The number of hydrogen-bond donors (Lipinski definition) is 0. The van der Waals surface area contributed by atoms with Crippen molar-refractivity contribution in [2.45, 2.75) is 19.9 Å². The van der Waals surface area contributed by atoms with E-state index in [0.717, 1.165) is 11.1 Å². The zero-order chi connectivity index (χ0) is 23.3. The lowest BCUT2D eigenvalue weighted by Crippen LogP contribution is -2.30. The maximum absolute atomic E-state index is 13.7. The molecule has 5 rings (SSSR count). The van der Waals surface area contributed by atoms with Crippen molar-refractivity contribution >= 4 is 22.7 Å². The molecule has 2 aromatic carbocycles. The number of aromatic nitrogens is 1. The molecule has 3 heterocycles. The van der Waals surface area contributed by atoms with Crippen LogP contribution in [0.5, 0.6) is 11.5 Å². The third kappa shape index (κ3) is 3.24. The van der Waals surface area contributed by atoms with Gasteiger partial charge in [-0.15, -0.1) is 0 Å². The Morgan fingerprint density at radius 2 is 1.67 bits per heavy atom. The summed E-state index contributed by atoms with van der Waals surface area (Å²) in [6.07, 6.45) is 1.64. The molecule has 0 fully saturated rings. The Hall–Kier alpha value is -4.13. The van der Waals surface area contributed by atoms with Gasteiger partial charge >= 0.3 is 0 Å². The second-order valence-electron chi connectivity index (χ2n) is 8.06. The van der Waals surface area contributed by atoms with E-state index >= 15 is 0 Å². The number of benzene rings is 2. The predicted molar refractivity (Wildman–Crippen MR) is 124 cm³/mol. The fraction of sp³-hybridized carbons (Fsp3) is 0.192. The fourth-order valence-electron chi connectivity index (χ4n) is 4.31. The van der Waals surface area contributed by atoms with E-state index in [0.29, 0.717) is 33.8 Å². The maximum Gasteiger partial charge on any atom is 0.296 e. The number of pyridine rings is 1. The van der Waals surface area contributed by atoms with E-state index < -0.39 is 11.9 Å². The molecule has 0 aliphatic carbocycles. The number of carbonyl (C=O) groups excluding carboxylic acids is 1. The predicted octanol–water partition coefficient (Wildman–Crippen LogP) is 4.57. The normalized spacial score (nSPS) is 15.1. The van der Waals surface area contributed by atoms with Gasteiger partial charge in [-0.05, 0) is 61.4 Å². The molecule has 0 saturated carbocycles. The van der Waals surface area contributed by atoms with Gasteiger partial charge in [-0.1, -0.05) is 17.7 Å². The highest BCUT2D eigenvalue weighted by molar-refractivity contribution is 6.10. The maximum atomic E-state index is 13.7. The molecule has 1 atom stereocenters. The molecule has 0 saturated heterocycles. The SMILES string of the molecule is COc1ccc([C@H]2c3c(oc4ccc(C)cc4c3=O)C(=O)N2c2cc(C)ccn2)cc1OC. The van der Waals surface area contributed by atoms with Crippen LogP contribution in [-0.4, -0.2) is 25.1 Å². The largest absolute Gasteiger partial charge is 0.493 e. The quantitative estimate of drug-likeness (QED) is 0.460. The smallest absolute Gasteiger partial charge is 0.296 e. The summed E-state index contributed by atoms with van der Waals surface area (Å²) in [5.41, 5.74) is 2.98. The lowest BCUT2D eigenvalue weighted by Gasteiger charge is -2.25. The molecule has 0 spiro atoms. The number of rotatable bonds is 4. The number of ether oxygens (including phenoxy) is 2. The first kappa shape index (κ1) is 20.8. The van der Waals surface area contributed by atoms with Gasteiger partial charge in [0.1, 0.15) is 11.4 Å². The van der Waals surface area contributed by atoms with Crippen LogP contribution >= 0.6 is 0 Å². The van der Waals surface area contributed by atoms with Crippen LogP contribution in [0.1, 0.15) is 38.9 Å². The highest BCUT2D eigenvalue weighted by Crippen LogP contribution is 2.42. The van der Waals surface area contributed by atoms with Crippen molar-refractivity contribution in [1.82, 2.24) is 4.98 Å². The Kier molecular flexibility index (Phi) is 4.89. The summed E-state index contributed by atoms with van der Waals surface area (Å²) in [6.45, 7) is 3.83. The highest BCUT2D eigenvalue weighted by atomic mass is 16.5. The number of nitrogens with zero attached hydrogens (tertiary/aromatic N) is 2. The summed E-state index contributed by atoms with van der Waals surface area (Å²) < 4.78 is 16.9. The topological polar surface area (TPSA) is 81.9 Å². The fourth-order valence-corrected chi connectivity index (χ4v) is 4.31. The molecule has 1 amide bonds. The molecule has 7 heteroatoms. The van der Waals surface area contributed by atoms with Crippen LogP contribution in [0.2, 0.25) is 0 Å². The van der Waals surface area contributed by atoms with E-state index in [1.807, 2.05) is 38.1 Å². The third-order valence-electron chi connectivity index (χ3n) is 5.90. The molecule has 0 N–H and O–H groups in total. The molecule has 2 aromatic heterocycles. The number of aryl methyl sites for hydroxylation is 2. The summed E-state index contributed by atoms with van der Waals surface area (Å²) in [4.78, 5) is 33.3. The molecule has 0 bridgehead atoms. The molecule has 4 aromatic rings. The molecule has 0 unspecified atom stereocenters. The lowest BCUT2D eigenvalue weighted by atomic mass is 9.97.